The number of carbonyl (C=O) groups excluding carboxylic acids is 1. The molecule has 82 valence electrons. The van der Waals surface area contributed by atoms with Crippen molar-refractivity contribution >= 4 is 5.91 Å². The fourth-order valence-corrected chi connectivity index (χ4v) is 1.28. The first kappa shape index (κ1) is 11.6. The smallest absolute Gasteiger partial charge is 0.239 e. The summed E-state index contributed by atoms with van der Waals surface area (Å²) in [5.74, 6) is -2.56. The molecule has 5 heteroatoms. The third kappa shape index (κ3) is 2.73. The van der Waals surface area contributed by atoms with Crippen LogP contribution >= 0.6 is 0 Å². The summed E-state index contributed by atoms with van der Waals surface area (Å²) in [6.45, 7) is 2.29. The van der Waals surface area contributed by atoms with Gasteiger partial charge >= 0.3 is 0 Å². The van der Waals surface area contributed by atoms with Gasteiger partial charge in [-0.05, 0) is 24.2 Å². The molecule has 1 unspecified atom stereocenters. The van der Waals surface area contributed by atoms with Gasteiger partial charge in [0.1, 0.15) is 6.04 Å². The Morgan fingerprint density at radius 2 is 2.13 bits per heavy atom. The van der Waals surface area contributed by atoms with E-state index in [4.69, 9.17) is 5.73 Å². The van der Waals surface area contributed by atoms with E-state index in [1.165, 1.54) is 6.07 Å². The lowest BCUT2D eigenvalue weighted by molar-refractivity contribution is -0.120. The highest BCUT2D eigenvalue weighted by Crippen LogP contribution is 2.15. The fourth-order valence-electron chi connectivity index (χ4n) is 1.28. The SMILES string of the molecule is CCNC(C(N)=O)c1ccc(F)c(F)c1. The first-order valence-corrected chi connectivity index (χ1v) is 4.54. The second-order valence-corrected chi connectivity index (χ2v) is 3.07. The third-order valence-electron chi connectivity index (χ3n) is 1.97. The molecule has 1 atom stereocenters. The average Bonchev–Trinajstić information content (AvgIpc) is 2.18. The maximum absolute atomic E-state index is 12.9. The number of likely N-dealkylation sites (N-methyl/N-ethyl adjacent to an activating group) is 1. The lowest BCUT2D eigenvalue weighted by Gasteiger charge is -2.14. The summed E-state index contributed by atoms with van der Waals surface area (Å²) in [7, 11) is 0. The molecule has 3 nitrogen and oxygen atoms in total. The van der Waals surface area contributed by atoms with E-state index in [9.17, 15) is 13.6 Å². The van der Waals surface area contributed by atoms with Crippen molar-refractivity contribution in [2.24, 2.45) is 5.73 Å². The van der Waals surface area contributed by atoms with Crippen molar-refractivity contribution in [2.75, 3.05) is 6.54 Å². The first-order valence-electron chi connectivity index (χ1n) is 4.54. The van der Waals surface area contributed by atoms with E-state index in [0.717, 1.165) is 12.1 Å². The van der Waals surface area contributed by atoms with E-state index in [2.05, 4.69) is 5.32 Å². The summed E-state index contributed by atoms with van der Waals surface area (Å²) < 4.78 is 25.5. The van der Waals surface area contributed by atoms with Crippen LogP contribution in [-0.4, -0.2) is 12.5 Å². The van der Waals surface area contributed by atoms with Gasteiger partial charge in [0.05, 0.1) is 0 Å². The number of benzene rings is 1. The standard InChI is InChI=1S/C10H12F2N2O/c1-2-14-9(10(13)15)6-3-4-7(11)8(12)5-6/h3-5,9,14H,2H2,1H3,(H2,13,15). The molecule has 1 aromatic carbocycles. The Morgan fingerprint density at radius 3 is 2.60 bits per heavy atom. The molecule has 0 aliphatic carbocycles. The van der Waals surface area contributed by atoms with Crippen molar-refractivity contribution < 1.29 is 13.6 Å². The molecule has 0 saturated heterocycles. The molecule has 0 aromatic heterocycles. The van der Waals surface area contributed by atoms with E-state index in [-0.39, 0.29) is 0 Å². The summed E-state index contributed by atoms with van der Waals surface area (Å²) in [6.07, 6.45) is 0. The molecule has 1 rings (SSSR count). The van der Waals surface area contributed by atoms with Gasteiger partial charge in [0.15, 0.2) is 11.6 Å². The number of rotatable bonds is 4. The third-order valence-corrected chi connectivity index (χ3v) is 1.97. The Kier molecular flexibility index (Phi) is 3.74. The van der Waals surface area contributed by atoms with Crippen molar-refractivity contribution in [2.45, 2.75) is 13.0 Å². The minimum atomic E-state index is -0.989. The predicted molar refractivity (Wildman–Crippen MR) is 52.0 cm³/mol. The molecule has 0 spiro atoms. The van der Waals surface area contributed by atoms with Crippen LogP contribution in [0.1, 0.15) is 18.5 Å². The Hall–Kier alpha value is -1.49. The molecule has 0 aliphatic heterocycles. The molecule has 1 aromatic rings. The topological polar surface area (TPSA) is 55.1 Å². The van der Waals surface area contributed by atoms with E-state index in [1.54, 1.807) is 6.92 Å². The second kappa shape index (κ2) is 4.84. The highest BCUT2D eigenvalue weighted by atomic mass is 19.2. The molecule has 0 saturated carbocycles. The molecule has 0 radical (unpaired) electrons. The highest BCUT2D eigenvalue weighted by molar-refractivity contribution is 5.81. The molecule has 0 heterocycles. The first-order chi connectivity index (χ1) is 7.06. The molecule has 3 N–H and O–H groups in total. The van der Waals surface area contributed by atoms with Crippen LogP contribution in [0.2, 0.25) is 0 Å². The molecule has 15 heavy (non-hydrogen) atoms. The zero-order valence-corrected chi connectivity index (χ0v) is 8.26. The van der Waals surface area contributed by atoms with Crippen LogP contribution in [0.5, 0.6) is 0 Å². The van der Waals surface area contributed by atoms with Gasteiger partial charge < -0.3 is 11.1 Å². The van der Waals surface area contributed by atoms with Gasteiger partial charge in [0, 0.05) is 0 Å². The number of halogens is 2. The fraction of sp³-hybridized carbons (Fsp3) is 0.300. The van der Waals surface area contributed by atoms with Crippen LogP contribution in [0, 0.1) is 11.6 Å². The van der Waals surface area contributed by atoms with Crippen LogP contribution in [0.25, 0.3) is 0 Å². The van der Waals surface area contributed by atoms with Crippen LogP contribution < -0.4 is 11.1 Å². The number of nitrogens with two attached hydrogens (primary N) is 1. The Balaban J connectivity index is 3.01. The normalized spacial score (nSPS) is 12.5. The van der Waals surface area contributed by atoms with E-state index in [0.29, 0.717) is 12.1 Å². The lowest BCUT2D eigenvalue weighted by Crippen LogP contribution is -2.33. The quantitative estimate of drug-likeness (QED) is 0.788. The number of hydrogen-bond donors (Lipinski definition) is 2. The van der Waals surface area contributed by atoms with Gasteiger partial charge in [-0.1, -0.05) is 13.0 Å². The van der Waals surface area contributed by atoms with E-state index >= 15 is 0 Å². The minimum Gasteiger partial charge on any atom is -0.368 e. The maximum atomic E-state index is 12.9. The summed E-state index contributed by atoms with van der Waals surface area (Å²) in [4.78, 5) is 11.0. The maximum Gasteiger partial charge on any atom is 0.239 e. The van der Waals surface area contributed by atoms with Gasteiger partial charge in [0.2, 0.25) is 5.91 Å². The zero-order valence-electron chi connectivity index (χ0n) is 8.26. The average molecular weight is 214 g/mol. The largest absolute Gasteiger partial charge is 0.368 e. The van der Waals surface area contributed by atoms with E-state index < -0.39 is 23.6 Å². The van der Waals surface area contributed by atoms with Gasteiger partial charge in [-0.3, -0.25) is 4.79 Å². The predicted octanol–water partition coefficient (Wildman–Crippen LogP) is 1.10. The van der Waals surface area contributed by atoms with Gasteiger partial charge in [0.25, 0.3) is 0 Å². The molecule has 0 fully saturated rings. The summed E-state index contributed by atoms with van der Waals surface area (Å²) >= 11 is 0. The molecule has 0 bridgehead atoms. The minimum absolute atomic E-state index is 0.322. The molecular formula is C10H12F2N2O. The van der Waals surface area contributed by atoms with Gasteiger partial charge in [-0.15, -0.1) is 0 Å². The number of nitrogens with one attached hydrogen (secondary N) is 1. The summed E-state index contributed by atoms with van der Waals surface area (Å²) in [5, 5.41) is 2.78. The lowest BCUT2D eigenvalue weighted by atomic mass is 10.1. The Labute approximate surface area is 86.3 Å². The monoisotopic (exact) mass is 214 g/mol. The van der Waals surface area contributed by atoms with Crippen molar-refractivity contribution in [1.29, 1.82) is 0 Å². The zero-order chi connectivity index (χ0) is 11.4. The van der Waals surface area contributed by atoms with Crippen LogP contribution in [0.15, 0.2) is 18.2 Å². The molecule has 1 amide bonds. The summed E-state index contributed by atoms with van der Waals surface area (Å²) in [6, 6.07) is 2.48. The Bertz CT molecular complexity index is 368. The van der Waals surface area contributed by atoms with Gasteiger partial charge in [-0.2, -0.15) is 0 Å². The molecular weight excluding hydrogens is 202 g/mol. The van der Waals surface area contributed by atoms with E-state index in [1.807, 2.05) is 0 Å². The second-order valence-electron chi connectivity index (χ2n) is 3.07. The number of hydrogen-bond acceptors (Lipinski definition) is 2. The molecule has 0 aliphatic rings. The number of carbonyl (C=O) groups is 1. The Morgan fingerprint density at radius 1 is 1.47 bits per heavy atom. The van der Waals surface area contributed by atoms with Crippen molar-refractivity contribution in [1.82, 2.24) is 5.32 Å². The van der Waals surface area contributed by atoms with Gasteiger partial charge in [-0.25, -0.2) is 8.78 Å². The number of amides is 1. The highest BCUT2D eigenvalue weighted by Gasteiger charge is 2.17. The summed E-state index contributed by atoms with van der Waals surface area (Å²) in [5.41, 5.74) is 5.45. The number of primary amides is 1. The van der Waals surface area contributed by atoms with Crippen LogP contribution in [0.3, 0.4) is 0 Å². The van der Waals surface area contributed by atoms with Crippen molar-refractivity contribution in [3.05, 3.63) is 35.4 Å². The van der Waals surface area contributed by atoms with Crippen molar-refractivity contribution in [3.63, 3.8) is 0 Å². The van der Waals surface area contributed by atoms with Crippen molar-refractivity contribution in [3.8, 4) is 0 Å². The van der Waals surface area contributed by atoms with Crippen LogP contribution in [-0.2, 0) is 4.79 Å². The van der Waals surface area contributed by atoms with Crippen LogP contribution in [0.4, 0.5) is 8.78 Å².